The Balaban J connectivity index is 1.55. The van der Waals surface area contributed by atoms with Gasteiger partial charge in [0, 0.05) is 48.9 Å². The number of amides is 1. The van der Waals surface area contributed by atoms with Crippen LogP contribution in [0.1, 0.15) is 26.5 Å². The summed E-state index contributed by atoms with van der Waals surface area (Å²) >= 11 is 1.82. The molecular weight excluding hydrogens is 346 g/mol. The van der Waals surface area contributed by atoms with E-state index in [1.54, 1.807) is 6.20 Å². The Morgan fingerprint density at radius 3 is 2.92 bits per heavy atom. The molecular formula is C20H25N3O2S. The monoisotopic (exact) mass is 371 g/mol. The fourth-order valence-corrected chi connectivity index (χ4v) is 4.85. The summed E-state index contributed by atoms with van der Waals surface area (Å²) < 4.78 is 5.91. The molecule has 0 aromatic carbocycles. The minimum Gasteiger partial charge on any atom is -0.379 e. The third kappa shape index (κ3) is 3.54. The molecule has 0 radical (unpaired) electrons. The van der Waals surface area contributed by atoms with Gasteiger partial charge in [-0.3, -0.25) is 14.7 Å². The molecule has 0 saturated carbocycles. The van der Waals surface area contributed by atoms with Crippen molar-refractivity contribution in [1.82, 2.24) is 14.8 Å². The highest BCUT2D eigenvalue weighted by Crippen LogP contribution is 2.26. The van der Waals surface area contributed by atoms with Crippen LogP contribution >= 0.6 is 11.3 Å². The predicted octanol–water partition coefficient (Wildman–Crippen LogP) is 2.73. The summed E-state index contributed by atoms with van der Waals surface area (Å²) in [6, 6.07) is 6.15. The van der Waals surface area contributed by atoms with Crippen molar-refractivity contribution in [2.45, 2.75) is 26.4 Å². The van der Waals surface area contributed by atoms with E-state index in [9.17, 15) is 4.79 Å². The van der Waals surface area contributed by atoms with E-state index in [1.165, 1.54) is 10.4 Å². The number of carbonyl (C=O) groups excluding carboxylic acids is 1. The number of carbonyl (C=O) groups is 1. The van der Waals surface area contributed by atoms with E-state index in [0.717, 1.165) is 31.9 Å². The number of fused-ring (bicyclic) bond motifs is 3. The molecule has 0 N–H and O–H groups in total. The molecule has 2 aromatic rings. The van der Waals surface area contributed by atoms with Gasteiger partial charge in [0.05, 0.1) is 24.8 Å². The zero-order chi connectivity index (χ0) is 18.1. The summed E-state index contributed by atoms with van der Waals surface area (Å²) in [5.41, 5.74) is 2.87. The summed E-state index contributed by atoms with van der Waals surface area (Å²) in [4.78, 5) is 23.3. The van der Waals surface area contributed by atoms with E-state index in [1.807, 2.05) is 35.3 Å². The molecule has 4 heterocycles. The first-order chi connectivity index (χ1) is 12.6. The normalized spacial score (nSPS) is 23.7. The Bertz CT molecular complexity index is 791. The van der Waals surface area contributed by atoms with Gasteiger partial charge in [-0.05, 0) is 43.0 Å². The Kier molecular flexibility index (Phi) is 5.07. The average Bonchev–Trinajstić information content (AvgIpc) is 2.82. The van der Waals surface area contributed by atoms with Crippen molar-refractivity contribution in [1.29, 1.82) is 0 Å². The second-order valence-electron chi connectivity index (χ2n) is 7.36. The number of ether oxygens (including phenoxy) is 1. The van der Waals surface area contributed by atoms with Gasteiger partial charge in [0.15, 0.2) is 0 Å². The fourth-order valence-electron chi connectivity index (χ4n) is 3.92. The van der Waals surface area contributed by atoms with Crippen LogP contribution in [0.4, 0.5) is 0 Å². The van der Waals surface area contributed by atoms with E-state index in [0.29, 0.717) is 24.6 Å². The van der Waals surface area contributed by atoms with Crippen LogP contribution in [-0.4, -0.2) is 59.6 Å². The van der Waals surface area contributed by atoms with Crippen LogP contribution in [0, 0.1) is 19.8 Å². The molecule has 2 aliphatic rings. The van der Waals surface area contributed by atoms with Crippen molar-refractivity contribution < 1.29 is 9.53 Å². The lowest BCUT2D eigenvalue weighted by Gasteiger charge is -2.31. The van der Waals surface area contributed by atoms with Gasteiger partial charge in [0.2, 0.25) is 0 Å². The largest absolute Gasteiger partial charge is 0.379 e. The highest BCUT2D eigenvalue weighted by molar-refractivity contribution is 7.10. The highest BCUT2D eigenvalue weighted by atomic mass is 32.1. The molecule has 1 amide bonds. The Labute approximate surface area is 158 Å². The number of thiophene rings is 1. The number of hydrogen-bond acceptors (Lipinski definition) is 5. The van der Waals surface area contributed by atoms with Crippen molar-refractivity contribution in [3.05, 3.63) is 51.5 Å². The average molecular weight is 372 g/mol. The van der Waals surface area contributed by atoms with Gasteiger partial charge >= 0.3 is 0 Å². The third-order valence-electron chi connectivity index (χ3n) is 5.42. The van der Waals surface area contributed by atoms with Crippen molar-refractivity contribution in [2.75, 3.05) is 32.8 Å². The molecule has 2 aromatic heterocycles. The minimum absolute atomic E-state index is 0.0988. The van der Waals surface area contributed by atoms with E-state index in [4.69, 9.17) is 4.74 Å². The first-order valence-corrected chi connectivity index (χ1v) is 10.1. The summed E-state index contributed by atoms with van der Waals surface area (Å²) in [6.45, 7) is 8.90. The first-order valence-electron chi connectivity index (χ1n) is 9.17. The summed E-state index contributed by atoms with van der Waals surface area (Å²) in [7, 11) is 0. The molecule has 2 aliphatic heterocycles. The zero-order valence-electron chi connectivity index (χ0n) is 15.4. The maximum atomic E-state index is 13.1. The highest BCUT2D eigenvalue weighted by Gasteiger charge is 2.35. The molecule has 6 heteroatoms. The molecule has 0 spiro atoms. The molecule has 26 heavy (non-hydrogen) atoms. The first kappa shape index (κ1) is 17.6. The van der Waals surface area contributed by atoms with Crippen LogP contribution in [0.3, 0.4) is 0 Å². The Hall–Kier alpha value is -1.76. The van der Waals surface area contributed by atoms with Gasteiger partial charge < -0.3 is 9.64 Å². The van der Waals surface area contributed by atoms with Gasteiger partial charge in [-0.2, -0.15) is 0 Å². The minimum atomic E-state index is 0.0988. The van der Waals surface area contributed by atoms with Gasteiger partial charge in [0.1, 0.15) is 0 Å². The lowest BCUT2D eigenvalue weighted by atomic mass is 10.1. The molecule has 2 atom stereocenters. The molecule has 138 valence electrons. The second kappa shape index (κ2) is 7.47. The van der Waals surface area contributed by atoms with E-state index in [-0.39, 0.29) is 11.9 Å². The fraction of sp³-hybridized carbons (Fsp3) is 0.500. The van der Waals surface area contributed by atoms with Crippen molar-refractivity contribution in [3.8, 4) is 0 Å². The third-order valence-corrected chi connectivity index (χ3v) is 6.43. The van der Waals surface area contributed by atoms with Gasteiger partial charge in [-0.15, -0.1) is 11.3 Å². The van der Waals surface area contributed by atoms with Crippen LogP contribution in [0.25, 0.3) is 0 Å². The van der Waals surface area contributed by atoms with Gasteiger partial charge in [0.25, 0.3) is 5.91 Å². The molecule has 0 aliphatic carbocycles. The molecule has 2 fully saturated rings. The second-order valence-corrected chi connectivity index (χ2v) is 8.36. The van der Waals surface area contributed by atoms with Crippen LogP contribution in [0.2, 0.25) is 0 Å². The van der Waals surface area contributed by atoms with E-state index in [2.05, 4.69) is 28.3 Å². The molecule has 0 unspecified atom stereocenters. The lowest BCUT2D eigenvalue weighted by Crippen LogP contribution is -2.45. The van der Waals surface area contributed by atoms with Crippen molar-refractivity contribution >= 4 is 17.2 Å². The number of nitrogens with zero attached hydrogens (tertiary/aromatic N) is 3. The van der Waals surface area contributed by atoms with E-state index >= 15 is 0 Å². The maximum Gasteiger partial charge on any atom is 0.255 e. The summed E-state index contributed by atoms with van der Waals surface area (Å²) in [5, 5.41) is 2.16. The van der Waals surface area contributed by atoms with Gasteiger partial charge in [-0.25, -0.2) is 0 Å². The molecule has 5 nitrogen and oxygen atoms in total. The summed E-state index contributed by atoms with van der Waals surface area (Å²) in [6.07, 6.45) is 1.74. The SMILES string of the molecule is Cc1ccsc1CN1C[C@H]2COC[C@@H]1CN(C(=O)c1cccnc1C)C2. The predicted molar refractivity (Wildman–Crippen MR) is 102 cm³/mol. The Morgan fingerprint density at radius 1 is 1.27 bits per heavy atom. The van der Waals surface area contributed by atoms with Crippen LogP contribution in [0.15, 0.2) is 29.8 Å². The van der Waals surface area contributed by atoms with Crippen LogP contribution < -0.4 is 0 Å². The number of aromatic nitrogens is 1. The number of rotatable bonds is 3. The standard InChI is InChI=1S/C20H25N3O2S/c1-14-5-7-26-19(14)11-22-8-16-9-23(10-17(22)13-25-12-16)20(24)18-4-3-6-21-15(18)2/h3-7,16-17H,8-13H2,1-2H3/t16-,17+/m1/s1. The van der Waals surface area contributed by atoms with Gasteiger partial charge in [-0.1, -0.05) is 0 Å². The number of hydrogen-bond donors (Lipinski definition) is 0. The van der Waals surface area contributed by atoms with E-state index < -0.39 is 0 Å². The quantitative estimate of drug-likeness (QED) is 0.832. The maximum absolute atomic E-state index is 13.1. The van der Waals surface area contributed by atoms with Crippen LogP contribution in [0.5, 0.6) is 0 Å². The van der Waals surface area contributed by atoms with Crippen LogP contribution in [-0.2, 0) is 11.3 Å². The smallest absolute Gasteiger partial charge is 0.255 e. The number of aryl methyl sites for hydroxylation is 2. The topological polar surface area (TPSA) is 45.7 Å². The molecule has 4 rings (SSSR count). The molecule has 2 bridgehead atoms. The number of pyridine rings is 1. The lowest BCUT2D eigenvalue weighted by molar-refractivity contribution is 0.0406. The Morgan fingerprint density at radius 2 is 2.15 bits per heavy atom. The summed E-state index contributed by atoms with van der Waals surface area (Å²) in [5.74, 6) is 0.449. The van der Waals surface area contributed by atoms with Crippen molar-refractivity contribution in [2.24, 2.45) is 5.92 Å². The molecule has 2 saturated heterocycles. The van der Waals surface area contributed by atoms with Crippen molar-refractivity contribution in [3.63, 3.8) is 0 Å². The zero-order valence-corrected chi connectivity index (χ0v) is 16.2.